The van der Waals surface area contributed by atoms with Gasteiger partial charge < -0.3 is 15.5 Å². The van der Waals surface area contributed by atoms with Gasteiger partial charge >= 0.3 is 0 Å². The maximum atomic E-state index is 12.0. The summed E-state index contributed by atoms with van der Waals surface area (Å²) in [5.41, 5.74) is 7.52. The van der Waals surface area contributed by atoms with E-state index in [-0.39, 0.29) is 11.7 Å². The summed E-state index contributed by atoms with van der Waals surface area (Å²) in [4.78, 5) is 12.0. The lowest BCUT2D eigenvalue weighted by atomic mass is 10.1. The second kappa shape index (κ2) is 7.64. The van der Waals surface area contributed by atoms with Gasteiger partial charge in [0.2, 0.25) is 0 Å². The summed E-state index contributed by atoms with van der Waals surface area (Å²) in [5, 5.41) is 2.82. The maximum Gasteiger partial charge on any atom is 0.291 e. The number of nitrogens with one attached hydrogen (secondary N) is 1. The highest BCUT2D eigenvalue weighted by molar-refractivity contribution is 6.02. The Bertz CT molecular complexity index is 573. The first-order valence-corrected chi connectivity index (χ1v) is 7.42. The Balaban J connectivity index is 1.91. The standard InChI is InChI=1S/C17H22N2O2/c1-2-3-4-5-13-6-8-14(9-7-13)19-17(20)16-11-10-15(12-18)21-16/h6-11H,2-5,12,18H2,1H3,(H,19,20). The molecule has 0 bridgehead atoms. The van der Waals surface area contributed by atoms with Crippen molar-refractivity contribution in [3.05, 3.63) is 53.5 Å². The van der Waals surface area contributed by atoms with Crippen LogP contribution in [0.4, 0.5) is 5.69 Å². The molecule has 0 fully saturated rings. The second-order valence-corrected chi connectivity index (χ2v) is 5.08. The minimum Gasteiger partial charge on any atom is -0.455 e. The lowest BCUT2D eigenvalue weighted by Crippen LogP contribution is -2.10. The number of unbranched alkanes of at least 4 members (excludes halogenated alkanes) is 2. The summed E-state index contributed by atoms with van der Waals surface area (Å²) in [6.45, 7) is 2.49. The summed E-state index contributed by atoms with van der Waals surface area (Å²) in [6.07, 6.45) is 4.76. The van der Waals surface area contributed by atoms with Gasteiger partial charge in [-0.1, -0.05) is 31.9 Å². The van der Waals surface area contributed by atoms with E-state index >= 15 is 0 Å². The molecule has 0 saturated carbocycles. The van der Waals surface area contributed by atoms with Gasteiger partial charge in [0, 0.05) is 5.69 Å². The zero-order valence-electron chi connectivity index (χ0n) is 12.4. The van der Waals surface area contributed by atoms with E-state index in [9.17, 15) is 4.79 Å². The van der Waals surface area contributed by atoms with Crippen molar-refractivity contribution in [3.8, 4) is 0 Å². The molecule has 21 heavy (non-hydrogen) atoms. The molecule has 0 saturated heterocycles. The number of aryl methyl sites for hydroxylation is 1. The van der Waals surface area contributed by atoms with Gasteiger partial charge in [-0.2, -0.15) is 0 Å². The Kier molecular flexibility index (Phi) is 5.58. The molecule has 0 spiro atoms. The van der Waals surface area contributed by atoms with Crippen LogP contribution in [-0.2, 0) is 13.0 Å². The van der Waals surface area contributed by atoms with Crippen LogP contribution >= 0.6 is 0 Å². The molecule has 1 heterocycles. The first-order valence-electron chi connectivity index (χ1n) is 7.42. The Hall–Kier alpha value is -2.07. The van der Waals surface area contributed by atoms with Crippen molar-refractivity contribution in [2.24, 2.45) is 5.73 Å². The zero-order valence-corrected chi connectivity index (χ0v) is 12.4. The monoisotopic (exact) mass is 286 g/mol. The molecule has 0 aliphatic heterocycles. The second-order valence-electron chi connectivity index (χ2n) is 5.08. The Morgan fingerprint density at radius 1 is 1.14 bits per heavy atom. The van der Waals surface area contributed by atoms with Crippen LogP contribution in [0.25, 0.3) is 0 Å². The fourth-order valence-electron chi connectivity index (χ4n) is 2.14. The molecular weight excluding hydrogens is 264 g/mol. The summed E-state index contributed by atoms with van der Waals surface area (Å²) in [6, 6.07) is 11.3. The van der Waals surface area contributed by atoms with E-state index in [4.69, 9.17) is 10.2 Å². The van der Waals surface area contributed by atoms with Gasteiger partial charge in [-0.05, 0) is 42.7 Å². The number of carbonyl (C=O) groups is 1. The topological polar surface area (TPSA) is 68.3 Å². The van der Waals surface area contributed by atoms with Crippen LogP contribution in [0, 0.1) is 0 Å². The Morgan fingerprint density at radius 2 is 1.90 bits per heavy atom. The van der Waals surface area contributed by atoms with E-state index in [1.165, 1.54) is 24.8 Å². The zero-order chi connectivity index (χ0) is 15.1. The van der Waals surface area contributed by atoms with Crippen molar-refractivity contribution in [2.75, 3.05) is 5.32 Å². The predicted molar refractivity (Wildman–Crippen MR) is 84.2 cm³/mol. The van der Waals surface area contributed by atoms with Crippen molar-refractivity contribution < 1.29 is 9.21 Å². The Labute approximate surface area is 125 Å². The van der Waals surface area contributed by atoms with Crippen molar-refractivity contribution in [3.63, 3.8) is 0 Å². The van der Waals surface area contributed by atoms with Gasteiger partial charge in [-0.15, -0.1) is 0 Å². The number of hydrogen-bond acceptors (Lipinski definition) is 3. The molecule has 4 heteroatoms. The predicted octanol–water partition coefficient (Wildman–Crippen LogP) is 3.72. The average molecular weight is 286 g/mol. The third kappa shape index (κ3) is 4.46. The number of furan rings is 1. The van der Waals surface area contributed by atoms with Gasteiger partial charge in [-0.3, -0.25) is 4.79 Å². The number of hydrogen-bond donors (Lipinski definition) is 2. The fraction of sp³-hybridized carbons (Fsp3) is 0.353. The number of amides is 1. The van der Waals surface area contributed by atoms with Gasteiger partial charge in [0.05, 0.1) is 6.54 Å². The maximum absolute atomic E-state index is 12.0. The highest BCUT2D eigenvalue weighted by Gasteiger charge is 2.10. The lowest BCUT2D eigenvalue weighted by molar-refractivity contribution is 0.0995. The highest BCUT2D eigenvalue weighted by Crippen LogP contribution is 2.14. The molecule has 0 aliphatic carbocycles. The van der Waals surface area contributed by atoms with E-state index in [1.807, 2.05) is 12.1 Å². The number of benzene rings is 1. The van der Waals surface area contributed by atoms with Crippen molar-refractivity contribution in [2.45, 2.75) is 39.2 Å². The molecule has 3 N–H and O–H groups in total. The smallest absolute Gasteiger partial charge is 0.291 e. The van der Waals surface area contributed by atoms with Crippen LogP contribution < -0.4 is 11.1 Å². The molecule has 2 aromatic rings. The largest absolute Gasteiger partial charge is 0.455 e. The van der Waals surface area contributed by atoms with Gasteiger partial charge in [0.1, 0.15) is 5.76 Å². The first kappa shape index (κ1) is 15.3. The van der Waals surface area contributed by atoms with E-state index in [1.54, 1.807) is 12.1 Å². The minimum absolute atomic E-state index is 0.256. The van der Waals surface area contributed by atoms with Gasteiger partial charge in [-0.25, -0.2) is 0 Å². The van der Waals surface area contributed by atoms with Gasteiger partial charge in [0.25, 0.3) is 5.91 Å². The number of nitrogens with two attached hydrogens (primary N) is 1. The third-order valence-corrected chi connectivity index (χ3v) is 3.37. The molecule has 4 nitrogen and oxygen atoms in total. The van der Waals surface area contributed by atoms with Crippen LogP contribution in [0.2, 0.25) is 0 Å². The molecular formula is C17H22N2O2. The molecule has 1 aromatic heterocycles. The van der Waals surface area contributed by atoms with Crippen molar-refractivity contribution in [1.29, 1.82) is 0 Å². The number of anilines is 1. The molecule has 0 unspecified atom stereocenters. The van der Waals surface area contributed by atoms with Crippen molar-refractivity contribution in [1.82, 2.24) is 0 Å². The van der Waals surface area contributed by atoms with Gasteiger partial charge in [0.15, 0.2) is 5.76 Å². The SMILES string of the molecule is CCCCCc1ccc(NC(=O)c2ccc(CN)o2)cc1. The summed E-state index contributed by atoms with van der Waals surface area (Å²) >= 11 is 0. The molecule has 1 aromatic carbocycles. The third-order valence-electron chi connectivity index (χ3n) is 3.37. The van der Waals surface area contributed by atoms with E-state index < -0.39 is 0 Å². The van der Waals surface area contributed by atoms with Crippen LogP contribution in [-0.4, -0.2) is 5.91 Å². The molecule has 2 rings (SSSR count). The van der Waals surface area contributed by atoms with E-state index in [0.29, 0.717) is 12.3 Å². The van der Waals surface area contributed by atoms with E-state index in [0.717, 1.165) is 12.1 Å². The highest BCUT2D eigenvalue weighted by atomic mass is 16.4. The van der Waals surface area contributed by atoms with Crippen LogP contribution in [0.3, 0.4) is 0 Å². The first-order chi connectivity index (χ1) is 10.2. The summed E-state index contributed by atoms with van der Waals surface area (Å²) in [7, 11) is 0. The van der Waals surface area contributed by atoms with Crippen LogP contribution in [0.1, 0.15) is 48.1 Å². The van der Waals surface area contributed by atoms with Crippen LogP contribution in [0.15, 0.2) is 40.8 Å². The summed E-state index contributed by atoms with van der Waals surface area (Å²) in [5.74, 6) is 0.627. The molecule has 0 aliphatic rings. The molecule has 0 radical (unpaired) electrons. The van der Waals surface area contributed by atoms with E-state index in [2.05, 4.69) is 24.4 Å². The Morgan fingerprint density at radius 3 is 2.52 bits per heavy atom. The van der Waals surface area contributed by atoms with Crippen LogP contribution in [0.5, 0.6) is 0 Å². The summed E-state index contributed by atoms with van der Waals surface area (Å²) < 4.78 is 5.32. The van der Waals surface area contributed by atoms with Crippen molar-refractivity contribution >= 4 is 11.6 Å². The lowest BCUT2D eigenvalue weighted by Gasteiger charge is -2.05. The number of rotatable bonds is 7. The number of carbonyl (C=O) groups excluding carboxylic acids is 1. The molecule has 1 amide bonds. The fourth-order valence-corrected chi connectivity index (χ4v) is 2.14. The average Bonchev–Trinajstić information content (AvgIpc) is 2.98. The minimum atomic E-state index is -0.256. The quantitative estimate of drug-likeness (QED) is 0.762. The normalized spacial score (nSPS) is 10.6. The molecule has 112 valence electrons. The molecule has 0 atom stereocenters.